The van der Waals surface area contributed by atoms with E-state index in [9.17, 15) is 9.90 Å². The Bertz CT molecular complexity index is 538. The first kappa shape index (κ1) is 13.0. The molecule has 2 aromatic carbocycles. The first-order valence-electron chi connectivity index (χ1n) is 6.04. The molecule has 19 heavy (non-hydrogen) atoms. The molecule has 0 radical (unpaired) electrons. The molecule has 2 aromatic rings. The van der Waals surface area contributed by atoms with Crippen LogP contribution in [0.25, 0.3) is 0 Å². The van der Waals surface area contributed by atoms with Gasteiger partial charge in [-0.1, -0.05) is 30.3 Å². The molecule has 4 nitrogen and oxygen atoms in total. The summed E-state index contributed by atoms with van der Waals surface area (Å²) in [5, 5.41) is 12.3. The van der Waals surface area contributed by atoms with Crippen LogP contribution in [-0.2, 0) is 11.2 Å². The van der Waals surface area contributed by atoms with E-state index < -0.39 is 12.0 Å². The van der Waals surface area contributed by atoms with Crippen LogP contribution in [0, 0.1) is 0 Å². The summed E-state index contributed by atoms with van der Waals surface area (Å²) in [4.78, 5) is 11.3. The second-order valence-corrected chi connectivity index (χ2v) is 4.35. The lowest BCUT2D eigenvalue weighted by atomic mass is 10.1. The molecule has 0 bridgehead atoms. The third-order valence-electron chi connectivity index (χ3n) is 2.83. The van der Waals surface area contributed by atoms with Gasteiger partial charge in [0.15, 0.2) is 0 Å². The van der Waals surface area contributed by atoms with Gasteiger partial charge < -0.3 is 16.2 Å². The SMILES string of the molecule is Nc1ccc(N[C@H](Cc2ccccc2)C(=O)O)cc1. The lowest BCUT2D eigenvalue weighted by Gasteiger charge is -2.16. The molecule has 2 rings (SSSR count). The quantitative estimate of drug-likeness (QED) is 0.718. The van der Waals surface area contributed by atoms with Gasteiger partial charge in [-0.3, -0.25) is 0 Å². The Hall–Kier alpha value is -2.49. The van der Waals surface area contributed by atoms with E-state index in [4.69, 9.17) is 5.73 Å². The number of nitrogens with two attached hydrogens (primary N) is 1. The van der Waals surface area contributed by atoms with Crippen LogP contribution < -0.4 is 11.1 Å². The van der Waals surface area contributed by atoms with Crippen LogP contribution in [0.1, 0.15) is 5.56 Å². The summed E-state index contributed by atoms with van der Waals surface area (Å²) in [5.74, 6) is -0.874. The van der Waals surface area contributed by atoms with E-state index in [2.05, 4.69) is 5.32 Å². The van der Waals surface area contributed by atoms with Crippen molar-refractivity contribution in [2.75, 3.05) is 11.1 Å². The van der Waals surface area contributed by atoms with E-state index in [-0.39, 0.29) is 0 Å². The fraction of sp³-hybridized carbons (Fsp3) is 0.133. The zero-order chi connectivity index (χ0) is 13.7. The van der Waals surface area contributed by atoms with E-state index in [1.807, 2.05) is 30.3 Å². The third-order valence-corrected chi connectivity index (χ3v) is 2.83. The number of benzene rings is 2. The Morgan fingerprint density at radius 2 is 1.74 bits per heavy atom. The normalized spacial score (nSPS) is 11.8. The molecule has 0 amide bonds. The average molecular weight is 256 g/mol. The number of rotatable bonds is 5. The maximum atomic E-state index is 11.3. The minimum atomic E-state index is -0.874. The number of hydrogen-bond acceptors (Lipinski definition) is 3. The van der Waals surface area contributed by atoms with E-state index in [1.165, 1.54) is 0 Å². The van der Waals surface area contributed by atoms with Gasteiger partial charge in [0.1, 0.15) is 6.04 Å². The maximum absolute atomic E-state index is 11.3. The van der Waals surface area contributed by atoms with Gasteiger partial charge in [-0.25, -0.2) is 4.79 Å². The van der Waals surface area contributed by atoms with Crippen molar-refractivity contribution in [3.8, 4) is 0 Å². The molecule has 0 aliphatic carbocycles. The number of carbonyl (C=O) groups is 1. The second kappa shape index (κ2) is 5.91. The van der Waals surface area contributed by atoms with Crippen molar-refractivity contribution < 1.29 is 9.90 Å². The van der Waals surface area contributed by atoms with E-state index in [0.29, 0.717) is 12.1 Å². The fourth-order valence-corrected chi connectivity index (χ4v) is 1.83. The standard InChI is InChI=1S/C15H16N2O2/c16-12-6-8-13(9-7-12)17-14(15(18)19)10-11-4-2-1-3-5-11/h1-9,14,17H,10,16H2,(H,18,19)/t14-/m1/s1. The summed E-state index contributed by atoms with van der Waals surface area (Å²) < 4.78 is 0. The Morgan fingerprint density at radius 1 is 1.11 bits per heavy atom. The largest absolute Gasteiger partial charge is 0.480 e. The minimum Gasteiger partial charge on any atom is -0.480 e. The van der Waals surface area contributed by atoms with Crippen molar-refractivity contribution in [2.24, 2.45) is 0 Å². The Balaban J connectivity index is 2.08. The predicted octanol–water partition coefficient (Wildman–Crippen LogP) is 2.38. The van der Waals surface area contributed by atoms with E-state index >= 15 is 0 Å². The first-order valence-corrected chi connectivity index (χ1v) is 6.04. The van der Waals surface area contributed by atoms with Crippen molar-refractivity contribution in [1.82, 2.24) is 0 Å². The first-order chi connectivity index (χ1) is 9.15. The van der Waals surface area contributed by atoms with Crippen molar-refractivity contribution >= 4 is 17.3 Å². The molecule has 0 aliphatic rings. The average Bonchev–Trinajstić information content (AvgIpc) is 2.41. The van der Waals surface area contributed by atoms with Crippen molar-refractivity contribution in [3.63, 3.8) is 0 Å². The van der Waals surface area contributed by atoms with E-state index in [1.54, 1.807) is 24.3 Å². The molecular weight excluding hydrogens is 240 g/mol. The number of nitrogen functional groups attached to an aromatic ring is 1. The third kappa shape index (κ3) is 3.74. The Morgan fingerprint density at radius 3 is 2.32 bits per heavy atom. The van der Waals surface area contributed by atoms with Gasteiger partial charge in [-0.2, -0.15) is 0 Å². The molecule has 98 valence electrons. The summed E-state index contributed by atoms with van der Waals surface area (Å²) in [5.41, 5.74) is 7.98. The molecule has 4 N–H and O–H groups in total. The highest BCUT2D eigenvalue weighted by molar-refractivity contribution is 5.77. The van der Waals surface area contributed by atoms with Crippen molar-refractivity contribution in [1.29, 1.82) is 0 Å². The Kier molecular flexibility index (Phi) is 4.03. The zero-order valence-electron chi connectivity index (χ0n) is 10.4. The van der Waals surface area contributed by atoms with Gasteiger partial charge in [0.25, 0.3) is 0 Å². The van der Waals surface area contributed by atoms with Gasteiger partial charge in [-0.15, -0.1) is 0 Å². The summed E-state index contributed by atoms with van der Waals surface area (Å²) in [6, 6.07) is 15.9. The second-order valence-electron chi connectivity index (χ2n) is 4.35. The van der Waals surface area contributed by atoms with Gasteiger partial charge in [0.05, 0.1) is 0 Å². The smallest absolute Gasteiger partial charge is 0.326 e. The minimum absolute atomic E-state index is 0.431. The van der Waals surface area contributed by atoms with Gasteiger partial charge >= 0.3 is 5.97 Å². The van der Waals surface area contributed by atoms with Gasteiger partial charge in [0, 0.05) is 17.8 Å². The number of nitrogens with one attached hydrogen (secondary N) is 1. The number of carboxylic acids is 1. The Labute approximate surface area is 111 Å². The molecule has 4 heteroatoms. The number of anilines is 2. The molecule has 0 aliphatic heterocycles. The van der Waals surface area contributed by atoms with Gasteiger partial charge in [-0.05, 0) is 29.8 Å². The summed E-state index contributed by atoms with van der Waals surface area (Å²) in [6.45, 7) is 0. The lowest BCUT2D eigenvalue weighted by molar-refractivity contribution is -0.137. The summed E-state index contributed by atoms with van der Waals surface area (Å²) in [7, 11) is 0. The van der Waals surface area contributed by atoms with Crippen LogP contribution in [0.5, 0.6) is 0 Å². The fourth-order valence-electron chi connectivity index (χ4n) is 1.83. The van der Waals surface area contributed by atoms with Crippen molar-refractivity contribution in [2.45, 2.75) is 12.5 Å². The summed E-state index contributed by atoms with van der Waals surface area (Å²) >= 11 is 0. The predicted molar refractivity (Wildman–Crippen MR) is 76.0 cm³/mol. The molecule has 0 saturated carbocycles. The number of aliphatic carboxylic acids is 1. The van der Waals surface area contributed by atoms with Crippen LogP contribution in [0.4, 0.5) is 11.4 Å². The molecular formula is C15H16N2O2. The van der Waals surface area contributed by atoms with Crippen LogP contribution >= 0.6 is 0 Å². The van der Waals surface area contributed by atoms with Crippen LogP contribution in [0.3, 0.4) is 0 Å². The molecule has 0 unspecified atom stereocenters. The topological polar surface area (TPSA) is 75.3 Å². The lowest BCUT2D eigenvalue weighted by Crippen LogP contribution is -2.31. The number of hydrogen-bond donors (Lipinski definition) is 3. The summed E-state index contributed by atoms with van der Waals surface area (Å²) in [6.07, 6.45) is 0.431. The van der Waals surface area contributed by atoms with Gasteiger partial charge in [0.2, 0.25) is 0 Å². The molecule has 0 saturated heterocycles. The number of carboxylic acid groups (broad SMARTS) is 1. The monoisotopic (exact) mass is 256 g/mol. The highest BCUT2D eigenvalue weighted by Gasteiger charge is 2.17. The molecule has 0 aromatic heterocycles. The highest BCUT2D eigenvalue weighted by atomic mass is 16.4. The molecule has 0 fully saturated rings. The van der Waals surface area contributed by atoms with Crippen LogP contribution in [0.2, 0.25) is 0 Å². The van der Waals surface area contributed by atoms with Crippen LogP contribution in [0.15, 0.2) is 54.6 Å². The van der Waals surface area contributed by atoms with Crippen molar-refractivity contribution in [3.05, 3.63) is 60.2 Å². The molecule has 0 spiro atoms. The zero-order valence-corrected chi connectivity index (χ0v) is 10.4. The van der Waals surface area contributed by atoms with Crippen LogP contribution in [-0.4, -0.2) is 17.1 Å². The molecule has 1 atom stereocenters. The molecule has 0 heterocycles. The maximum Gasteiger partial charge on any atom is 0.326 e. The highest BCUT2D eigenvalue weighted by Crippen LogP contribution is 2.14. The van der Waals surface area contributed by atoms with E-state index in [0.717, 1.165) is 11.3 Å².